The summed E-state index contributed by atoms with van der Waals surface area (Å²) in [7, 11) is 0. The summed E-state index contributed by atoms with van der Waals surface area (Å²) in [5.41, 5.74) is 1.08. The van der Waals surface area contributed by atoms with Gasteiger partial charge in [-0.25, -0.2) is 0 Å². The molecule has 2 unspecified atom stereocenters. The molecule has 0 saturated carbocycles. The second-order valence-electron chi connectivity index (χ2n) is 7.52. The second kappa shape index (κ2) is 7.47. The van der Waals surface area contributed by atoms with Gasteiger partial charge in [0.05, 0.1) is 24.3 Å². The average Bonchev–Trinajstić information content (AvgIpc) is 2.92. The Morgan fingerprint density at radius 3 is 2.27 bits per heavy atom. The first kappa shape index (κ1) is 17.6. The summed E-state index contributed by atoms with van der Waals surface area (Å²) in [6.07, 6.45) is 2.29. The molecule has 0 bridgehead atoms. The van der Waals surface area contributed by atoms with Gasteiger partial charge in [-0.1, -0.05) is 12.1 Å². The van der Waals surface area contributed by atoms with Crippen molar-refractivity contribution >= 4 is 11.8 Å². The molecule has 0 N–H and O–H groups in total. The van der Waals surface area contributed by atoms with E-state index < -0.39 is 0 Å². The summed E-state index contributed by atoms with van der Waals surface area (Å²) < 4.78 is 5.46. The number of fused-ring (bicyclic) bond motifs is 1. The van der Waals surface area contributed by atoms with Gasteiger partial charge in [0.25, 0.3) is 11.8 Å². The Balaban J connectivity index is 1.32. The zero-order valence-corrected chi connectivity index (χ0v) is 15.4. The highest BCUT2D eigenvalue weighted by Crippen LogP contribution is 2.25. The first-order valence-electron chi connectivity index (χ1n) is 9.66. The topological polar surface area (TPSA) is 53.1 Å². The highest BCUT2D eigenvalue weighted by atomic mass is 16.5. The van der Waals surface area contributed by atoms with E-state index in [1.54, 1.807) is 12.1 Å². The van der Waals surface area contributed by atoms with Gasteiger partial charge in [0, 0.05) is 38.3 Å². The predicted molar refractivity (Wildman–Crippen MR) is 98.3 cm³/mol. The third-order valence-electron chi connectivity index (χ3n) is 6.04. The Morgan fingerprint density at radius 1 is 1.00 bits per heavy atom. The third kappa shape index (κ3) is 3.29. The summed E-state index contributed by atoms with van der Waals surface area (Å²) >= 11 is 0. The fourth-order valence-electron chi connectivity index (χ4n) is 4.47. The first-order valence-corrected chi connectivity index (χ1v) is 9.66. The normalized spacial score (nSPS) is 27.8. The molecule has 2 saturated heterocycles. The van der Waals surface area contributed by atoms with Gasteiger partial charge in [-0.3, -0.25) is 24.3 Å². The first-order chi connectivity index (χ1) is 12.6. The zero-order valence-electron chi connectivity index (χ0n) is 15.4. The van der Waals surface area contributed by atoms with Crippen molar-refractivity contribution in [1.29, 1.82) is 0 Å². The largest absolute Gasteiger partial charge is 0.379 e. The van der Waals surface area contributed by atoms with Crippen LogP contribution in [0.2, 0.25) is 0 Å². The fourth-order valence-corrected chi connectivity index (χ4v) is 4.47. The van der Waals surface area contributed by atoms with E-state index in [2.05, 4.69) is 16.7 Å². The van der Waals surface area contributed by atoms with Crippen molar-refractivity contribution < 1.29 is 14.3 Å². The van der Waals surface area contributed by atoms with Crippen molar-refractivity contribution in [3.05, 3.63) is 35.4 Å². The molecule has 0 radical (unpaired) electrons. The van der Waals surface area contributed by atoms with Crippen molar-refractivity contribution in [2.45, 2.75) is 31.8 Å². The van der Waals surface area contributed by atoms with Crippen molar-refractivity contribution in [3.63, 3.8) is 0 Å². The minimum absolute atomic E-state index is 0.151. The quantitative estimate of drug-likeness (QED) is 0.764. The molecular weight excluding hydrogens is 330 g/mol. The van der Waals surface area contributed by atoms with Gasteiger partial charge in [0.15, 0.2) is 0 Å². The Bertz CT molecular complexity index is 652. The standard InChI is InChI=1S/C20H27N3O3/c1-15-14-16(22-10-12-26-13-11-22)6-7-21(15)8-9-23-19(24)17-4-2-3-5-18(17)20(23)25/h2-5,15-16H,6-14H2,1H3. The number of carbonyl (C=O) groups excluding carboxylic acids is 2. The van der Waals surface area contributed by atoms with Crippen LogP contribution in [0.3, 0.4) is 0 Å². The number of hydrogen-bond acceptors (Lipinski definition) is 5. The van der Waals surface area contributed by atoms with Crippen LogP contribution in [-0.4, -0.2) is 84.5 Å². The number of rotatable bonds is 4. The van der Waals surface area contributed by atoms with Crippen molar-refractivity contribution in [1.82, 2.24) is 14.7 Å². The van der Waals surface area contributed by atoms with E-state index in [-0.39, 0.29) is 11.8 Å². The average molecular weight is 357 g/mol. The molecule has 0 spiro atoms. The molecule has 6 nitrogen and oxygen atoms in total. The lowest BCUT2D eigenvalue weighted by atomic mass is 9.96. The van der Waals surface area contributed by atoms with Gasteiger partial charge in [-0.2, -0.15) is 0 Å². The van der Waals surface area contributed by atoms with Gasteiger partial charge >= 0.3 is 0 Å². The minimum atomic E-state index is -0.151. The van der Waals surface area contributed by atoms with Gasteiger partial charge in [-0.15, -0.1) is 0 Å². The van der Waals surface area contributed by atoms with Crippen LogP contribution in [0.4, 0.5) is 0 Å². The summed E-state index contributed by atoms with van der Waals surface area (Å²) in [5, 5.41) is 0. The maximum atomic E-state index is 12.5. The second-order valence-corrected chi connectivity index (χ2v) is 7.52. The molecule has 1 aromatic carbocycles. The molecule has 1 aromatic rings. The maximum absolute atomic E-state index is 12.5. The molecule has 2 atom stereocenters. The summed E-state index contributed by atoms with van der Waals surface area (Å²) in [5.74, 6) is -0.303. The molecule has 2 fully saturated rings. The Labute approximate surface area is 154 Å². The smallest absolute Gasteiger partial charge is 0.261 e. The number of morpholine rings is 1. The van der Waals surface area contributed by atoms with Crippen LogP contribution in [-0.2, 0) is 4.74 Å². The zero-order chi connectivity index (χ0) is 18.1. The van der Waals surface area contributed by atoms with E-state index >= 15 is 0 Å². The molecule has 26 heavy (non-hydrogen) atoms. The van der Waals surface area contributed by atoms with Gasteiger partial charge in [0.2, 0.25) is 0 Å². The molecule has 2 amide bonds. The molecular formula is C20H27N3O3. The molecule has 6 heteroatoms. The lowest BCUT2D eigenvalue weighted by Crippen LogP contribution is -2.53. The van der Waals surface area contributed by atoms with Crippen molar-refractivity contribution in [2.24, 2.45) is 0 Å². The number of nitrogens with zero attached hydrogens (tertiary/aromatic N) is 3. The molecule has 3 aliphatic rings. The van der Waals surface area contributed by atoms with E-state index in [1.165, 1.54) is 4.90 Å². The van der Waals surface area contributed by atoms with Crippen molar-refractivity contribution in [2.75, 3.05) is 45.9 Å². The fraction of sp³-hybridized carbons (Fsp3) is 0.600. The molecule has 0 aliphatic carbocycles. The number of benzene rings is 1. The molecule has 140 valence electrons. The summed E-state index contributed by atoms with van der Waals surface area (Å²) in [4.78, 5) is 31.4. The Morgan fingerprint density at radius 2 is 1.65 bits per heavy atom. The Kier molecular flexibility index (Phi) is 5.07. The van der Waals surface area contributed by atoms with Crippen LogP contribution < -0.4 is 0 Å². The van der Waals surface area contributed by atoms with Crippen LogP contribution in [0.5, 0.6) is 0 Å². The van der Waals surface area contributed by atoms with Crippen LogP contribution in [0.25, 0.3) is 0 Å². The van der Waals surface area contributed by atoms with Crippen LogP contribution >= 0.6 is 0 Å². The number of piperidine rings is 1. The van der Waals surface area contributed by atoms with E-state index in [4.69, 9.17) is 4.74 Å². The Hall–Kier alpha value is -1.76. The van der Waals surface area contributed by atoms with Crippen LogP contribution in [0.15, 0.2) is 24.3 Å². The number of amides is 2. The molecule has 0 aromatic heterocycles. The van der Waals surface area contributed by atoms with Crippen LogP contribution in [0.1, 0.15) is 40.5 Å². The van der Waals surface area contributed by atoms with Crippen LogP contribution in [0, 0.1) is 0 Å². The number of hydrogen-bond donors (Lipinski definition) is 0. The highest BCUT2D eigenvalue weighted by Gasteiger charge is 2.36. The van der Waals surface area contributed by atoms with E-state index in [0.717, 1.165) is 52.2 Å². The molecule has 4 rings (SSSR count). The van der Waals surface area contributed by atoms with Gasteiger partial charge < -0.3 is 4.74 Å². The van der Waals surface area contributed by atoms with E-state index in [9.17, 15) is 9.59 Å². The summed E-state index contributed by atoms with van der Waals surface area (Å²) in [6.45, 7) is 8.25. The van der Waals surface area contributed by atoms with Gasteiger partial charge in [0.1, 0.15) is 0 Å². The monoisotopic (exact) mass is 357 g/mol. The molecule has 3 heterocycles. The lowest BCUT2D eigenvalue weighted by Gasteiger charge is -2.43. The van der Waals surface area contributed by atoms with Crippen molar-refractivity contribution in [3.8, 4) is 0 Å². The highest BCUT2D eigenvalue weighted by molar-refractivity contribution is 6.21. The summed E-state index contributed by atoms with van der Waals surface area (Å²) in [6, 6.07) is 8.20. The third-order valence-corrected chi connectivity index (χ3v) is 6.04. The minimum Gasteiger partial charge on any atom is -0.379 e. The number of imide groups is 1. The lowest BCUT2D eigenvalue weighted by molar-refractivity contribution is -0.00877. The van der Waals surface area contributed by atoms with E-state index in [1.807, 2.05) is 12.1 Å². The molecule has 3 aliphatic heterocycles. The maximum Gasteiger partial charge on any atom is 0.261 e. The van der Waals surface area contributed by atoms with E-state index in [0.29, 0.717) is 29.8 Å². The number of carbonyl (C=O) groups is 2. The van der Waals surface area contributed by atoms with Gasteiger partial charge in [-0.05, 0) is 38.4 Å². The number of likely N-dealkylation sites (tertiary alicyclic amines) is 1. The predicted octanol–water partition coefficient (Wildman–Crippen LogP) is 1.47. The SMILES string of the molecule is CC1CC(N2CCOCC2)CCN1CCN1C(=O)c2ccccc2C1=O. The number of ether oxygens (including phenoxy) is 1.